The lowest BCUT2D eigenvalue weighted by Gasteiger charge is -2.18. The van der Waals surface area contributed by atoms with Crippen molar-refractivity contribution < 1.29 is 9.59 Å². The third kappa shape index (κ3) is 5.68. The Morgan fingerprint density at radius 2 is 1.95 bits per heavy atom. The molecule has 0 bridgehead atoms. The molecule has 2 aromatic heterocycles. The Bertz CT molecular complexity index is 1610. The van der Waals surface area contributed by atoms with E-state index in [9.17, 15) is 9.59 Å². The lowest BCUT2D eigenvalue weighted by atomic mass is 10.0. The number of tetrazole rings is 1. The number of nitrogens with two attached hydrogens (primary N) is 1. The molecular weight excluding hydrogens is 506 g/mol. The molecule has 0 saturated heterocycles. The molecule has 0 unspecified atom stereocenters. The molecule has 0 aliphatic carbocycles. The van der Waals surface area contributed by atoms with Crippen molar-refractivity contribution in [3.8, 4) is 5.69 Å². The van der Waals surface area contributed by atoms with Crippen LogP contribution in [-0.4, -0.2) is 48.3 Å². The van der Waals surface area contributed by atoms with Gasteiger partial charge in [0.1, 0.15) is 12.4 Å². The minimum Gasteiger partial charge on any atom is -0.382 e. The molecule has 2 heterocycles. The van der Waals surface area contributed by atoms with Crippen LogP contribution in [0.1, 0.15) is 11.1 Å². The van der Waals surface area contributed by atoms with Gasteiger partial charge in [-0.1, -0.05) is 41.9 Å². The second kappa shape index (κ2) is 10.9. The van der Waals surface area contributed by atoms with Gasteiger partial charge < -0.3 is 16.4 Å². The number of anilines is 2. The first kappa shape index (κ1) is 24.7. The predicted molar refractivity (Wildman–Crippen MR) is 144 cm³/mol. The van der Waals surface area contributed by atoms with E-state index >= 15 is 0 Å². The average molecular weight is 528 g/mol. The van der Waals surface area contributed by atoms with Crippen LogP contribution in [0.2, 0.25) is 5.02 Å². The summed E-state index contributed by atoms with van der Waals surface area (Å²) in [6, 6.07) is 18.9. The highest BCUT2D eigenvalue weighted by molar-refractivity contribution is 6.30. The van der Waals surface area contributed by atoms with Gasteiger partial charge in [-0.3, -0.25) is 14.7 Å². The van der Waals surface area contributed by atoms with Gasteiger partial charge in [-0.25, -0.2) is 0 Å². The monoisotopic (exact) mass is 527 g/mol. The first-order chi connectivity index (χ1) is 18.5. The zero-order valence-corrected chi connectivity index (χ0v) is 20.6. The lowest BCUT2D eigenvalue weighted by Crippen LogP contribution is -2.44. The second-order valence-electron chi connectivity index (χ2n) is 8.40. The van der Waals surface area contributed by atoms with Crippen LogP contribution in [0.3, 0.4) is 0 Å². The van der Waals surface area contributed by atoms with Crippen molar-refractivity contribution in [2.45, 2.75) is 12.5 Å². The average Bonchev–Trinajstić information content (AvgIpc) is 3.58. The summed E-state index contributed by atoms with van der Waals surface area (Å²) in [5.41, 5.74) is 9.21. The third-order valence-corrected chi connectivity index (χ3v) is 6.01. The summed E-state index contributed by atoms with van der Waals surface area (Å²) in [4.78, 5) is 26.2. The number of nitrogens with one attached hydrogen (secondary N) is 3. The summed E-state index contributed by atoms with van der Waals surface area (Å²) >= 11 is 6.16. The van der Waals surface area contributed by atoms with Crippen LogP contribution < -0.4 is 16.4 Å². The first-order valence-corrected chi connectivity index (χ1v) is 11.9. The van der Waals surface area contributed by atoms with Crippen molar-refractivity contribution in [1.29, 1.82) is 0 Å². The molecule has 0 saturated carbocycles. The number of carbonyl (C=O) groups excluding carboxylic acids is 2. The fourth-order valence-electron chi connectivity index (χ4n) is 3.93. The maximum Gasteiger partial charge on any atom is 0.247 e. The van der Waals surface area contributed by atoms with Crippen molar-refractivity contribution >= 4 is 51.9 Å². The quantitative estimate of drug-likeness (QED) is 0.226. The van der Waals surface area contributed by atoms with E-state index in [0.29, 0.717) is 39.7 Å². The molecule has 3 aromatic carbocycles. The Balaban J connectivity index is 1.35. The highest BCUT2D eigenvalue weighted by Gasteiger charge is 2.21. The summed E-state index contributed by atoms with van der Waals surface area (Å²) < 4.78 is 1.46. The van der Waals surface area contributed by atoms with E-state index in [2.05, 4.69) is 36.4 Å². The maximum atomic E-state index is 13.3. The van der Waals surface area contributed by atoms with Crippen molar-refractivity contribution in [3.05, 3.63) is 95.3 Å². The van der Waals surface area contributed by atoms with E-state index in [1.165, 1.54) is 17.1 Å². The number of hydrogen-bond acceptors (Lipinski definition) is 7. The van der Waals surface area contributed by atoms with Crippen LogP contribution >= 0.6 is 11.6 Å². The molecule has 12 heteroatoms. The van der Waals surface area contributed by atoms with Gasteiger partial charge in [-0.05, 0) is 58.5 Å². The van der Waals surface area contributed by atoms with E-state index in [4.69, 9.17) is 17.3 Å². The Kier molecular flexibility index (Phi) is 7.09. The molecule has 11 nitrogen and oxygen atoms in total. The Labute approximate surface area is 221 Å². The Morgan fingerprint density at radius 1 is 1.11 bits per heavy atom. The largest absolute Gasteiger partial charge is 0.382 e. The zero-order valence-electron chi connectivity index (χ0n) is 19.9. The van der Waals surface area contributed by atoms with Crippen molar-refractivity contribution in [2.24, 2.45) is 0 Å². The SMILES string of the molecule is Nc1n[nH]c2cc(NC(=O)[C@H](Cc3ccccc3)NC(=O)/C=C/c3cc(Cl)ccc3-n3cnnn3)ccc12. The van der Waals surface area contributed by atoms with Gasteiger partial charge in [0.2, 0.25) is 11.8 Å². The van der Waals surface area contributed by atoms with Crippen molar-refractivity contribution in [3.63, 3.8) is 0 Å². The van der Waals surface area contributed by atoms with Gasteiger partial charge in [0.25, 0.3) is 0 Å². The summed E-state index contributed by atoms with van der Waals surface area (Å²) in [5.74, 6) is -0.457. The van der Waals surface area contributed by atoms with Gasteiger partial charge in [0, 0.05) is 34.2 Å². The molecule has 5 rings (SSSR count). The van der Waals surface area contributed by atoms with E-state index in [0.717, 1.165) is 10.9 Å². The van der Waals surface area contributed by atoms with Gasteiger partial charge in [0.05, 0.1) is 11.2 Å². The molecule has 5 N–H and O–H groups in total. The molecule has 1 atom stereocenters. The Hall–Kier alpha value is -5.03. The van der Waals surface area contributed by atoms with E-state index in [1.54, 1.807) is 42.5 Å². The normalized spacial score (nSPS) is 12.0. The number of amides is 2. The minimum atomic E-state index is -0.851. The molecular formula is C26H22ClN9O2. The summed E-state index contributed by atoms with van der Waals surface area (Å²) in [6.07, 6.45) is 4.66. The number of nitrogens with zero attached hydrogens (tertiary/aromatic N) is 5. The molecule has 0 aliphatic rings. The number of nitrogen functional groups attached to an aromatic ring is 1. The zero-order chi connectivity index (χ0) is 26.5. The highest BCUT2D eigenvalue weighted by atomic mass is 35.5. The van der Waals surface area contributed by atoms with Crippen LogP contribution in [0.4, 0.5) is 11.5 Å². The number of halogens is 1. The maximum absolute atomic E-state index is 13.3. The molecule has 0 fully saturated rings. The fraction of sp³-hybridized carbons (Fsp3) is 0.0769. The van der Waals surface area contributed by atoms with Crippen molar-refractivity contribution in [1.82, 2.24) is 35.7 Å². The molecule has 0 aliphatic heterocycles. The molecule has 38 heavy (non-hydrogen) atoms. The van der Waals surface area contributed by atoms with Gasteiger partial charge in [-0.15, -0.1) is 5.10 Å². The van der Waals surface area contributed by atoms with Crippen LogP contribution in [0, 0.1) is 0 Å². The van der Waals surface area contributed by atoms with E-state index < -0.39 is 11.9 Å². The van der Waals surface area contributed by atoms with Gasteiger partial charge >= 0.3 is 0 Å². The van der Waals surface area contributed by atoms with E-state index in [-0.39, 0.29) is 5.91 Å². The molecule has 2 amide bonds. The number of hydrogen-bond donors (Lipinski definition) is 4. The summed E-state index contributed by atoms with van der Waals surface area (Å²) in [7, 11) is 0. The molecule has 0 spiro atoms. The smallest absolute Gasteiger partial charge is 0.247 e. The van der Waals surface area contributed by atoms with Crippen LogP contribution in [0.15, 0.2) is 79.1 Å². The molecule has 190 valence electrons. The topological polar surface area (TPSA) is 156 Å². The standard InChI is InChI=1S/C26H22ClN9O2/c27-18-7-10-23(36-15-29-34-35-36)17(13-18)6-11-24(37)31-22(12-16-4-2-1-3-5-16)26(38)30-19-8-9-20-21(14-19)32-33-25(20)28/h1-11,13-15,22H,12H2,(H,30,38)(H,31,37)(H3,28,32,33)/b11-6+/t22-/m0/s1. The number of benzene rings is 3. The first-order valence-electron chi connectivity index (χ1n) is 11.6. The summed E-state index contributed by atoms with van der Waals surface area (Å²) in [5, 5.41) is 24.9. The van der Waals surface area contributed by atoms with Gasteiger partial charge in [-0.2, -0.15) is 9.78 Å². The summed E-state index contributed by atoms with van der Waals surface area (Å²) in [6.45, 7) is 0. The number of rotatable bonds is 8. The molecule has 5 aromatic rings. The van der Waals surface area contributed by atoms with E-state index in [1.807, 2.05) is 30.3 Å². The fourth-order valence-corrected chi connectivity index (χ4v) is 4.11. The highest BCUT2D eigenvalue weighted by Crippen LogP contribution is 2.22. The van der Waals surface area contributed by atoms with Crippen LogP contribution in [0.5, 0.6) is 0 Å². The number of aromatic amines is 1. The number of fused-ring (bicyclic) bond motifs is 1. The lowest BCUT2D eigenvalue weighted by molar-refractivity contribution is -0.123. The van der Waals surface area contributed by atoms with Gasteiger partial charge in [0.15, 0.2) is 5.82 Å². The second-order valence-corrected chi connectivity index (χ2v) is 8.84. The minimum absolute atomic E-state index is 0.290. The predicted octanol–water partition coefficient (Wildman–Crippen LogP) is 3.15. The van der Waals surface area contributed by atoms with Crippen molar-refractivity contribution in [2.75, 3.05) is 11.1 Å². The van der Waals surface area contributed by atoms with Crippen LogP contribution in [-0.2, 0) is 16.0 Å². The molecule has 0 radical (unpaired) electrons. The third-order valence-electron chi connectivity index (χ3n) is 5.78. The number of carbonyl (C=O) groups is 2. The number of aromatic nitrogens is 6. The Morgan fingerprint density at radius 3 is 2.74 bits per heavy atom. The number of H-pyrrole nitrogens is 1. The van der Waals surface area contributed by atoms with Crippen LogP contribution in [0.25, 0.3) is 22.7 Å².